The Kier molecular flexibility index (Phi) is 1.98. The third-order valence-corrected chi connectivity index (χ3v) is 2.00. The summed E-state index contributed by atoms with van der Waals surface area (Å²) in [7, 11) is 0. The van der Waals surface area contributed by atoms with Gasteiger partial charge in [-0.3, -0.25) is 0 Å². The van der Waals surface area contributed by atoms with Gasteiger partial charge in [0.1, 0.15) is 5.82 Å². The molecule has 0 aliphatic rings. The van der Waals surface area contributed by atoms with E-state index in [1.807, 2.05) is 12.1 Å². The number of aromatic amines is 1. The Bertz CT molecular complexity index is 416. The van der Waals surface area contributed by atoms with Gasteiger partial charge in [0.2, 0.25) is 0 Å². The Morgan fingerprint density at radius 2 is 2.23 bits per heavy atom. The Morgan fingerprint density at radius 1 is 1.38 bits per heavy atom. The van der Waals surface area contributed by atoms with Crippen molar-refractivity contribution < 1.29 is 0 Å². The average molecular weight is 176 g/mol. The summed E-state index contributed by atoms with van der Waals surface area (Å²) < 4.78 is 0. The van der Waals surface area contributed by atoms with Crippen molar-refractivity contribution in [3.8, 4) is 0 Å². The van der Waals surface area contributed by atoms with E-state index >= 15 is 0 Å². The van der Waals surface area contributed by atoms with Gasteiger partial charge in [0, 0.05) is 13.0 Å². The molecule has 0 amide bonds. The highest BCUT2D eigenvalue weighted by molar-refractivity contribution is 5.70. The van der Waals surface area contributed by atoms with Gasteiger partial charge >= 0.3 is 0 Å². The molecule has 0 aliphatic heterocycles. The van der Waals surface area contributed by atoms with Crippen molar-refractivity contribution in [3.63, 3.8) is 0 Å². The summed E-state index contributed by atoms with van der Waals surface area (Å²) in [5.41, 5.74) is 8.10. The van der Waals surface area contributed by atoms with Crippen molar-refractivity contribution in [1.82, 2.24) is 15.0 Å². The number of fused-ring (bicyclic) bond motifs is 1. The summed E-state index contributed by atoms with van der Waals surface area (Å²) in [6.07, 6.45) is 0.897. The van der Waals surface area contributed by atoms with Crippen LogP contribution in [0.4, 0.5) is 0 Å². The van der Waals surface area contributed by atoms with Crippen molar-refractivity contribution in [2.45, 2.75) is 19.9 Å². The summed E-state index contributed by atoms with van der Waals surface area (Å²) in [5.74, 6) is 0.969. The Balaban J connectivity index is 2.57. The van der Waals surface area contributed by atoms with Crippen molar-refractivity contribution in [2.24, 2.45) is 5.73 Å². The van der Waals surface area contributed by atoms with Crippen LogP contribution in [-0.2, 0) is 13.0 Å². The first kappa shape index (κ1) is 8.19. The van der Waals surface area contributed by atoms with E-state index in [4.69, 9.17) is 5.73 Å². The molecule has 4 heteroatoms. The first-order valence-corrected chi connectivity index (χ1v) is 4.38. The van der Waals surface area contributed by atoms with Crippen molar-refractivity contribution in [3.05, 3.63) is 23.7 Å². The maximum absolute atomic E-state index is 5.48. The second-order valence-corrected chi connectivity index (χ2v) is 2.91. The zero-order valence-corrected chi connectivity index (χ0v) is 7.54. The molecule has 68 valence electrons. The van der Waals surface area contributed by atoms with Crippen LogP contribution in [0.2, 0.25) is 0 Å². The van der Waals surface area contributed by atoms with E-state index < -0.39 is 0 Å². The number of rotatable bonds is 2. The zero-order chi connectivity index (χ0) is 9.26. The highest BCUT2D eigenvalue weighted by Crippen LogP contribution is 2.09. The number of nitrogens with one attached hydrogen (secondary N) is 1. The lowest BCUT2D eigenvalue weighted by Gasteiger charge is -1.92. The number of nitrogens with two attached hydrogens (primary N) is 1. The van der Waals surface area contributed by atoms with Crippen molar-refractivity contribution >= 4 is 11.2 Å². The molecule has 0 fully saturated rings. The SMILES string of the molecule is CCc1nc2nc(CN)ccc2[nH]1. The highest BCUT2D eigenvalue weighted by Gasteiger charge is 2.02. The molecular weight excluding hydrogens is 164 g/mol. The lowest BCUT2D eigenvalue weighted by molar-refractivity contribution is 0.984. The molecule has 2 aromatic heterocycles. The molecule has 0 radical (unpaired) electrons. The van der Waals surface area contributed by atoms with E-state index in [0.717, 1.165) is 29.1 Å². The summed E-state index contributed by atoms with van der Waals surface area (Å²) in [4.78, 5) is 11.8. The first-order valence-electron chi connectivity index (χ1n) is 4.38. The minimum Gasteiger partial charge on any atom is -0.341 e. The molecule has 0 saturated heterocycles. The molecule has 0 saturated carbocycles. The number of nitrogens with zero attached hydrogens (tertiary/aromatic N) is 2. The van der Waals surface area contributed by atoms with Crippen LogP contribution in [0.1, 0.15) is 18.4 Å². The van der Waals surface area contributed by atoms with Crippen LogP contribution < -0.4 is 5.73 Å². The minimum absolute atomic E-state index is 0.463. The maximum Gasteiger partial charge on any atom is 0.177 e. The molecule has 2 aromatic rings. The Labute approximate surface area is 76.2 Å². The summed E-state index contributed by atoms with van der Waals surface area (Å²) >= 11 is 0. The second kappa shape index (κ2) is 3.14. The fourth-order valence-electron chi connectivity index (χ4n) is 1.26. The van der Waals surface area contributed by atoms with Gasteiger partial charge in [0.05, 0.1) is 11.2 Å². The van der Waals surface area contributed by atoms with Gasteiger partial charge in [0.25, 0.3) is 0 Å². The normalized spacial score (nSPS) is 10.9. The summed E-state index contributed by atoms with van der Waals surface area (Å²) in [6.45, 7) is 2.52. The average Bonchev–Trinajstić information content (AvgIpc) is 2.58. The number of pyridine rings is 1. The molecular formula is C9H12N4. The number of hydrogen-bond donors (Lipinski definition) is 2. The summed E-state index contributed by atoms with van der Waals surface area (Å²) in [6, 6.07) is 3.89. The van der Waals surface area contributed by atoms with Crippen molar-refractivity contribution in [2.75, 3.05) is 0 Å². The molecule has 13 heavy (non-hydrogen) atoms. The maximum atomic E-state index is 5.48. The summed E-state index contributed by atoms with van der Waals surface area (Å²) in [5, 5.41) is 0. The number of hydrogen-bond acceptors (Lipinski definition) is 3. The molecule has 0 aliphatic carbocycles. The third kappa shape index (κ3) is 1.40. The number of H-pyrrole nitrogens is 1. The topological polar surface area (TPSA) is 67.6 Å². The predicted octanol–water partition coefficient (Wildman–Crippen LogP) is 0.979. The van der Waals surface area contributed by atoms with Gasteiger partial charge in [-0.25, -0.2) is 9.97 Å². The lowest BCUT2D eigenvalue weighted by atomic mass is 10.3. The van der Waals surface area contributed by atoms with Crippen LogP contribution in [-0.4, -0.2) is 15.0 Å². The van der Waals surface area contributed by atoms with Gasteiger partial charge < -0.3 is 10.7 Å². The van der Waals surface area contributed by atoms with Gasteiger partial charge in [-0.2, -0.15) is 0 Å². The fourth-order valence-corrected chi connectivity index (χ4v) is 1.26. The van der Waals surface area contributed by atoms with E-state index in [1.54, 1.807) is 0 Å². The largest absolute Gasteiger partial charge is 0.341 e. The molecule has 0 spiro atoms. The van der Waals surface area contributed by atoms with Crippen LogP contribution in [0.15, 0.2) is 12.1 Å². The molecule has 2 heterocycles. The van der Waals surface area contributed by atoms with E-state index in [9.17, 15) is 0 Å². The zero-order valence-electron chi connectivity index (χ0n) is 7.54. The Hall–Kier alpha value is -1.42. The molecule has 4 nitrogen and oxygen atoms in total. The van der Waals surface area contributed by atoms with Crippen LogP contribution in [0.25, 0.3) is 11.2 Å². The van der Waals surface area contributed by atoms with Gasteiger partial charge in [-0.15, -0.1) is 0 Å². The minimum atomic E-state index is 0.463. The fraction of sp³-hybridized carbons (Fsp3) is 0.333. The molecule has 2 rings (SSSR count). The number of imidazole rings is 1. The van der Waals surface area contributed by atoms with Gasteiger partial charge in [-0.05, 0) is 12.1 Å². The Morgan fingerprint density at radius 3 is 2.92 bits per heavy atom. The van der Waals surface area contributed by atoms with Crippen molar-refractivity contribution in [1.29, 1.82) is 0 Å². The monoisotopic (exact) mass is 176 g/mol. The van der Waals surface area contributed by atoms with Crippen LogP contribution in [0.5, 0.6) is 0 Å². The van der Waals surface area contributed by atoms with E-state index in [-0.39, 0.29) is 0 Å². The predicted molar refractivity (Wildman–Crippen MR) is 51.2 cm³/mol. The highest BCUT2D eigenvalue weighted by atomic mass is 15.0. The molecule has 0 bridgehead atoms. The second-order valence-electron chi connectivity index (χ2n) is 2.91. The smallest absolute Gasteiger partial charge is 0.177 e. The number of aryl methyl sites for hydroxylation is 1. The van der Waals surface area contributed by atoms with E-state index in [2.05, 4.69) is 21.9 Å². The molecule has 0 unspecified atom stereocenters. The quantitative estimate of drug-likeness (QED) is 0.716. The van der Waals surface area contributed by atoms with Gasteiger partial charge in [0.15, 0.2) is 5.65 Å². The first-order chi connectivity index (χ1) is 6.33. The number of aromatic nitrogens is 3. The lowest BCUT2D eigenvalue weighted by Crippen LogP contribution is -1.98. The van der Waals surface area contributed by atoms with E-state index in [0.29, 0.717) is 6.54 Å². The molecule has 0 atom stereocenters. The molecule has 0 aromatic carbocycles. The van der Waals surface area contributed by atoms with Crippen LogP contribution >= 0.6 is 0 Å². The van der Waals surface area contributed by atoms with Crippen LogP contribution in [0.3, 0.4) is 0 Å². The van der Waals surface area contributed by atoms with Gasteiger partial charge in [-0.1, -0.05) is 6.92 Å². The third-order valence-electron chi connectivity index (χ3n) is 2.00. The standard InChI is InChI=1S/C9H12N4/c1-2-8-12-7-4-3-6(5-10)11-9(7)13-8/h3-4H,2,5,10H2,1H3,(H,11,12,13). The van der Waals surface area contributed by atoms with E-state index in [1.165, 1.54) is 0 Å². The van der Waals surface area contributed by atoms with Crippen LogP contribution in [0, 0.1) is 0 Å². The molecule has 3 N–H and O–H groups in total.